The van der Waals surface area contributed by atoms with Crippen LogP contribution in [0.25, 0.3) is 0 Å². The highest BCUT2D eigenvalue weighted by molar-refractivity contribution is 6.04. The first-order valence-electron chi connectivity index (χ1n) is 10.6. The maximum Gasteiger partial charge on any atom is 0.265 e. The average molecular weight is 417 g/mol. The van der Waals surface area contributed by atoms with Gasteiger partial charge in [-0.25, -0.2) is 0 Å². The van der Waals surface area contributed by atoms with Gasteiger partial charge in [-0.3, -0.25) is 9.59 Å². The van der Waals surface area contributed by atoms with Crippen LogP contribution in [-0.2, 0) is 17.6 Å². The van der Waals surface area contributed by atoms with Gasteiger partial charge in [0, 0.05) is 16.9 Å². The molecule has 3 aromatic rings. The van der Waals surface area contributed by atoms with Gasteiger partial charge in [0.05, 0.1) is 0 Å². The van der Waals surface area contributed by atoms with E-state index in [0.29, 0.717) is 11.3 Å². The Morgan fingerprint density at radius 2 is 1.52 bits per heavy atom. The minimum atomic E-state index is -0.679. The third kappa shape index (κ3) is 5.95. The molecule has 0 fully saturated rings. The summed E-state index contributed by atoms with van der Waals surface area (Å²) in [5.74, 6) is 0.102. The zero-order valence-corrected chi connectivity index (χ0v) is 18.1. The molecule has 0 unspecified atom stereocenters. The Kier molecular flexibility index (Phi) is 7.44. The number of carbonyl (C=O) groups excluding carboxylic acids is 2. The first-order valence-corrected chi connectivity index (χ1v) is 10.6. The van der Waals surface area contributed by atoms with Crippen molar-refractivity contribution in [3.63, 3.8) is 0 Å². The number of carbonyl (C=O) groups is 2. The number of nitrogens with one attached hydrogen (secondary N) is 2. The third-order valence-electron chi connectivity index (χ3n) is 5.07. The number of rotatable bonds is 8. The van der Waals surface area contributed by atoms with Crippen molar-refractivity contribution in [3.8, 4) is 5.75 Å². The van der Waals surface area contributed by atoms with Crippen LogP contribution >= 0.6 is 0 Å². The molecule has 3 rings (SSSR count). The van der Waals surface area contributed by atoms with Crippen molar-refractivity contribution in [1.82, 2.24) is 0 Å². The standard InChI is InChI=1S/C26H28N2O3/c1-4-19-10-14-22(15-11-19)27-25(29)18(3)31-23-16-12-21(13-17-23)26(30)28-24-9-7-6-8-20(24)5-2/h6-18H,4-5H2,1-3H3,(H,27,29)(H,28,30)/t18-/m0/s1. The van der Waals surface area contributed by atoms with Crippen LogP contribution in [0.1, 0.15) is 42.3 Å². The Bertz CT molecular complexity index is 1030. The zero-order chi connectivity index (χ0) is 22.2. The molecule has 2 N–H and O–H groups in total. The molecule has 0 aliphatic rings. The van der Waals surface area contributed by atoms with Crippen LogP contribution in [0.3, 0.4) is 0 Å². The molecular weight excluding hydrogens is 388 g/mol. The topological polar surface area (TPSA) is 67.4 Å². The Balaban J connectivity index is 1.57. The molecule has 2 amide bonds. The number of benzene rings is 3. The van der Waals surface area contributed by atoms with Crippen LogP contribution in [-0.4, -0.2) is 17.9 Å². The van der Waals surface area contributed by atoms with Gasteiger partial charge in [0.1, 0.15) is 5.75 Å². The van der Waals surface area contributed by atoms with Crippen molar-refractivity contribution in [1.29, 1.82) is 0 Å². The molecular formula is C26H28N2O3. The van der Waals surface area contributed by atoms with Crippen molar-refractivity contribution in [2.24, 2.45) is 0 Å². The molecule has 0 spiro atoms. The highest BCUT2D eigenvalue weighted by Crippen LogP contribution is 2.19. The fourth-order valence-electron chi connectivity index (χ4n) is 3.16. The quantitative estimate of drug-likeness (QED) is 0.512. The molecule has 31 heavy (non-hydrogen) atoms. The molecule has 0 aliphatic carbocycles. The van der Waals surface area contributed by atoms with Crippen molar-refractivity contribution in [3.05, 3.63) is 89.5 Å². The molecule has 0 bridgehead atoms. The maximum absolute atomic E-state index is 12.6. The number of ether oxygens (including phenoxy) is 1. The summed E-state index contributed by atoms with van der Waals surface area (Å²) in [4.78, 5) is 25.0. The monoisotopic (exact) mass is 416 g/mol. The van der Waals surface area contributed by atoms with Gasteiger partial charge in [-0.2, -0.15) is 0 Å². The van der Waals surface area contributed by atoms with Crippen molar-refractivity contribution >= 4 is 23.2 Å². The minimum absolute atomic E-state index is 0.186. The van der Waals surface area contributed by atoms with Crippen molar-refractivity contribution in [2.45, 2.75) is 39.7 Å². The summed E-state index contributed by atoms with van der Waals surface area (Å²) < 4.78 is 5.74. The molecule has 0 aliphatic heterocycles. The number of para-hydroxylation sites is 1. The molecule has 1 atom stereocenters. The summed E-state index contributed by atoms with van der Waals surface area (Å²) in [6.07, 6.45) is 1.11. The minimum Gasteiger partial charge on any atom is -0.481 e. The predicted molar refractivity (Wildman–Crippen MR) is 125 cm³/mol. The second-order valence-corrected chi connectivity index (χ2v) is 7.29. The van der Waals surface area contributed by atoms with Gasteiger partial charge >= 0.3 is 0 Å². The fourth-order valence-corrected chi connectivity index (χ4v) is 3.16. The maximum atomic E-state index is 12.6. The highest BCUT2D eigenvalue weighted by atomic mass is 16.5. The molecule has 5 heteroatoms. The number of anilines is 2. The van der Waals surface area contributed by atoms with E-state index in [4.69, 9.17) is 4.74 Å². The second-order valence-electron chi connectivity index (χ2n) is 7.29. The lowest BCUT2D eigenvalue weighted by Gasteiger charge is -2.15. The summed E-state index contributed by atoms with van der Waals surface area (Å²) in [5.41, 5.74) is 4.36. The van der Waals surface area contributed by atoms with Crippen LogP contribution in [0, 0.1) is 0 Å². The number of amides is 2. The smallest absolute Gasteiger partial charge is 0.265 e. The van der Waals surface area contributed by atoms with E-state index < -0.39 is 6.10 Å². The summed E-state index contributed by atoms with van der Waals surface area (Å²) in [5, 5.41) is 5.80. The van der Waals surface area contributed by atoms with E-state index in [9.17, 15) is 9.59 Å². The molecule has 0 heterocycles. The van der Waals surface area contributed by atoms with Crippen molar-refractivity contribution in [2.75, 3.05) is 10.6 Å². The average Bonchev–Trinajstić information content (AvgIpc) is 2.80. The molecule has 5 nitrogen and oxygen atoms in total. The SMILES string of the molecule is CCc1ccc(NC(=O)[C@H](C)Oc2ccc(C(=O)Nc3ccccc3CC)cc2)cc1. The Morgan fingerprint density at radius 3 is 2.16 bits per heavy atom. The summed E-state index contributed by atoms with van der Waals surface area (Å²) >= 11 is 0. The second kappa shape index (κ2) is 10.4. The van der Waals surface area contributed by atoms with E-state index in [-0.39, 0.29) is 11.8 Å². The van der Waals surface area contributed by atoms with Gasteiger partial charge < -0.3 is 15.4 Å². The summed E-state index contributed by atoms with van der Waals surface area (Å²) in [7, 11) is 0. The Labute approximate surface area is 183 Å². The van der Waals surface area contributed by atoms with E-state index in [0.717, 1.165) is 29.8 Å². The zero-order valence-electron chi connectivity index (χ0n) is 18.1. The first-order chi connectivity index (χ1) is 15.0. The van der Waals surface area contributed by atoms with Crippen LogP contribution in [0.4, 0.5) is 11.4 Å². The molecule has 0 saturated heterocycles. The lowest BCUT2D eigenvalue weighted by atomic mass is 10.1. The number of hydrogen-bond donors (Lipinski definition) is 2. The van der Waals surface area contributed by atoms with Crippen LogP contribution in [0.5, 0.6) is 5.75 Å². The third-order valence-corrected chi connectivity index (χ3v) is 5.07. The highest BCUT2D eigenvalue weighted by Gasteiger charge is 2.15. The summed E-state index contributed by atoms with van der Waals surface area (Å²) in [6.45, 7) is 5.83. The molecule has 0 radical (unpaired) electrons. The van der Waals surface area contributed by atoms with Gasteiger partial charge in [-0.15, -0.1) is 0 Å². The number of hydrogen-bond acceptors (Lipinski definition) is 3. The van der Waals surface area contributed by atoms with Gasteiger partial charge in [-0.05, 0) is 73.4 Å². The van der Waals surface area contributed by atoms with E-state index >= 15 is 0 Å². The van der Waals surface area contributed by atoms with E-state index in [2.05, 4.69) is 24.5 Å². The molecule has 3 aromatic carbocycles. The molecule has 0 aromatic heterocycles. The molecule has 0 saturated carbocycles. The van der Waals surface area contributed by atoms with Gasteiger partial charge in [0.15, 0.2) is 6.10 Å². The lowest BCUT2D eigenvalue weighted by Crippen LogP contribution is -2.30. The number of aryl methyl sites for hydroxylation is 2. The predicted octanol–water partition coefficient (Wildman–Crippen LogP) is 5.47. The lowest BCUT2D eigenvalue weighted by molar-refractivity contribution is -0.122. The van der Waals surface area contributed by atoms with E-state index in [1.165, 1.54) is 5.56 Å². The van der Waals surface area contributed by atoms with Gasteiger partial charge in [-0.1, -0.05) is 44.2 Å². The Morgan fingerprint density at radius 1 is 0.839 bits per heavy atom. The fraction of sp³-hybridized carbons (Fsp3) is 0.231. The van der Waals surface area contributed by atoms with Crippen molar-refractivity contribution < 1.29 is 14.3 Å². The molecule has 160 valence electrons. The van der Waals surface area contributed by atoms with E-state index in [1.807, 2.05) is 48.5 Å². The summed E-state index contributed by atoms with van der Waals surface area (Å²) in [6, 6.07) is 22.3. The van der Waals surface area contributed by atoms with Crippen LogP contribution in [0.15, 0.2) is 72.8 Å². The van der Waals surface area contributed by atoms with Gasteiger partial charge in [0.2, 0.25) is 0 Å². The largest absolute Gasteiger partial charge is 0.481 e. The Hall–Kier alpha value is -3.60. The van der Waals surface area contributed by atoms with Gasteiger partial charge in [0.25, 0.3) is 11.8 Å². The van der Waals surface area contributed by atoms with E-state index in [1.54, 1.807) is 31.2 Å². The van der Waals surface area contributed by atoms with Crippen LogP contribution in [0.2, 0.25) is 0 Å². The normalized spacial score (nSPS) is 11.5. The first kappa shape index (κ1) is 22.1. The van der Waals surface area contributed by atoms with Crippen LogP contribution < -0.4 is 15.4 Å².